The van der Waals surface area contributed by atoms with Crippen molar-refractivity contribution >= 4 is 6.03 Å². The maximum atomic E-state index is 11.9. The number of likely N-dealkylation sites (tertiary alicyclic amines) is 1. The van der Waals surface area contributed by atoms with Crippen molar-refractivity contribution in [3.8, 4) is 5.75 Å². The number of carbonyl (C=O) groups is 1. The number of hydrogen-bond acceptors (Lipinski definition) is 3. The minimum absolute atomic E-state index is 0.0369. The molecule has 0 bridgehead atoms. The van der Waals surface area contributed by atoms with E-state index in [1.54, 1.807) is 0 Å². The SMILES string of the molecule is CN1CCC(Oc2ccc(CNC(=O)NCCF)cc2)CC1. The molecule has 0 aromatic heterocycles. The van der Waals surface area contributed by atoms with Gasteiger partial charge in [0.1, 0.15) is 18.5 Å². The molecule has 2 N–H and O–H groups in total. The lowest BCUT2D eigenvalue weighted by Gasteiger charge is -2.29. The zero-order valence-electron chi connectivity index (χ0n) is 13.0. The van der Waals surface area contributed by atoms with E-state index in [-0.39, 0.29) is 18.7 Å². The van der Waals surface area contributed by atoms with Gasteiger partial charge in [-0.15, -0.1) is 0 Å². The van der Waals surface area contributed by atoms with Gasteiger partial charge in [0.25, 0.3) is 0 Å². The van der Waals surface area contributed by atoms with Gasteiger partial charge in [-0.1, -0.05) is 12.1 Å². The average Bonchev–Trinajstić information content (AvgIpc) is 2.54. The second-order valence-corrected chi connectivity index (χ2v) is 5.56. The molecule has 22 heavy (non-hydrogen) atoms. The number of piperidine rings is 1. The highest BCUT2D eigenvalue weighted by molar-refractivity contribution is 5.73. The maximum Gasteiger partial charge on any atom is 0.315 e. The number of nitrogens with zero attached hydrogens (tertiary/aromatic N) is 1. The summed E-state index contributed by atoms with van der Waals surface area (Å²) in [5.74, 6) is 0.861. The quantitative estimate of drug-likeness (QED) is 0.844. The largest absolute Gasteiger partial charge is 0.490 e. The molecule has 1 aromatic rings. The molecule has 0 unspecified atom stereocenters. The van der Waals surface area contributed by atoms with Crippen LogP contribution < -0.4 is 15.4 Å². The summed E-state index contributed by atoms with van der Waals surface area (Å²) in [5.41, 5.74) is 0.978. The summed E-state index contributed by atoms with van der Waals surface area (Å²) in [4.78, 5) is 13.6. The van der Waals surface area contributed by atoms with Crippen molar-refractivity contribution in [3.63, 3.8) is 0 Å². The van der Waals surface area contributed by atoms with Gasteiger partial charge in [-0.05, 0) is 37.6 Å². The van der Waals surface area contributed by atoms with Crippen LogP contribution in [0.4, 0.5) is 9.18 Å². The number of urea groups is 1. The second kappa shape index (κ2) is 8.58. The fourth-order valence-corrected chi connectivity index (χ4v) is 2.39. The molecule has 1 fully saturated rings. The molecule has 6 heteroatoms. The summed E-state index contributed by atoms with van der Waals surface area (Å²) in [6.07, 6.45) is 2.38. The van der Waals surface area contributed by atoms with E-state index in [9.17, 15) is 9.18 Å². The molecule has 1 aliphatic rings. The van der Waals surface area contributed by atoms with Crippen molar-refractivity contribution in [1.29, 1.82) is 0 Å². The fraction of sp³-hybridized carbons (Fsp3) is 0.562. The first-order valence-corrected chi connectivity index (χ1v) is 7.69. The van der Waals surface area contributed by atoms with Crippen LogP contribution in [0, 0.1) is 0 Å². The predicted molar refractivity (Wildman–Crippen MR) is 83.8 cm³/mol. The van der Waals surface area contributed by atoms with Crippen LogP contribution >= 0.6 is 0 Å². The molecule has 2 rings (SSSR count). The van der Waals surface area contributed by atoms with E-state index < -0.39 is 6.67 Å². The molecule has 0 atom stereocenters. The number of benzene rings is 1. The summed E-state index contributed by atoms with van der Waals surface area (Å²) in [6.45, 7) is 2.03. The number of alkyl halides is 1. The first-order chi connectivity index (χ1) is 10.7. The predicted octanol–water partition coefficient (Wildman–Crippen LogP) is 1.93. The Balaban J connectivity index is 1.74. The number of ether oxygens (including phenoxy) is 1. The van der Waals surface area contributed by atoms with Gasteiger partial charge in [0.15, 0.2) is 0 Å². The Morgan fingerprint density at radius 3 is 2.59 bits per heavy atom. The molecule has 1 saturated heterocycles. The van der Waals surface area contributed by atoms with Crippen LogP contribution in [-0.4, -0.2) is 50.4 Å². The standard InChI is InChI=1S/C16H24FN3O2/c1-20-10-6-15(7-11-20)22-14-4-2-13(3-5-14)12-19-16(21)18-9-8-17/h2-5,15H,6-12H2,1H3,(H2,18,19,21). The Hall–Kier alpha value is -1.82. The van der Waals surface area contributed by atoms with Crippen molar-refractivity contribution in [1.82, 2.24) is 15.5 Å². The summed E-state index contributed by atoms with van der Waals surface area (Å²) in [5, 5.41) is 5.09. The molecule has 1 aliphatic heterocycles. The van der Waals surface area contributed by atoms with Crippen LogP contribution in [0.2, 0.25) is 0 Å². The van der Waals surface area contributed by atoms with E-state index in [2.05, 4.69) is 22.6 Å². The van der Waals surface area contributed by atoms with Crippen molar-refractivity contribution in [2.75, 3.05) is 33.4 Å². The van der Waals surface area contributed by atoms with E-state index in [0.717, 1.165) is 37.2 Å². The summed E-state index contributed by atoms with van der Waals surface area (Å²) in [7, 11) is 2.13. The van der Waals surface area contributed by atoms with Gasteiger partial charge in [0.2, 0.25) is 0 Å². The molecule has 5 nitrogen and oxygen atoms in total. The van der Waals surface area contributed by atoms with E-state index in [1.807, 2.05) is 24.3 Å². The second-order valence-electron chi connectivity index (χ2n) is 5.56. The first kappa shape index (κ1) is 16.5. The number of hydrogen-bond donors (Lipinski definition) is 2. The third-order valence-electron chi connectivity index (χ3n) is 3.72. The minimum Gasteiger partial charge on any atom is -0.490 e. The summed E-state index contributed by atoms with van der Waals surface area (Å²) in [6, 6.07) is 7.35. The zero-order valence-corrected chi connectivity index (χ0v) is 13.0. The van der Waals surface area contributed by atoms with E-state index in [0.29, 0.717) is 6.54 Å². The fourth-order valence-electron chi connectivity index (χ4n) is 2.39. The molecule has 0 spiro atoms. The van der Waals surface area contributed by atoms with Gasteiger partial charge >= 0.3 is 6.03 Å². The van der Waals surface area contributed by atoms with E-state index in [4.69, 9.17) is 4.74 Å². The Labute approximate surface area is 130 Å². The van der Waals surface area contributed by atoms with Crippen LogP contribution in [0.1, 0.15) is 18.4 Å². The number of amides is 2. The molecular formula is C16H24FN3O2. The first-order valence-electron chi connectivity index (χ1n) is 7.69. The van der Waals surface area contributed by atoms with Gasteiger partial charge in [-0.25, -0.2) is 9.18 Å². The van der Waals surface area contributed by atoms with Gasteiger partial charge in [-0.2, -0.15) is 0 Å². The lowest BCUT2D eigenvalue weighted by atomic mass is 10.1. The topological polar surface area (TPSA) is 53.6 Å². The summed E-state index contributed by atoms with van der Waals surface area (Å²) < 4.78 is 17.9. The molecule has 0 saturated carbocycles. The average molecular weight is 309 g/mol. The lowest BCUT2D eigenvalue weighted by molar-refractivity contribution is 0.114. The van der Waals surface area contributed by atoms with E-state index >= 15 is 0 Å². The molecular weight excluding hydrogens is 285 g/mol. The van der Waals surface area contributed by atoms with Gasteiger partial charge < -0.3 is 20.3 Å². The highest BCUT2D eigenvalue weighted by atomic mass is 19.1. The van der Waals surface area contributed by atoms with Crippen LogP contribution in [-0.2, 0) is 6.54 Å². The molecule has 2 amide bonds. The van der Waals surface area contributed by atoms with Crippen LogP contribution in [0.15, 0.2) is 24.3 Å². The monoisotopic (exact) mass is 309 g/mol. The van der Waals surface area contributed by atoms with Gasteiger partial charge in [0.05, 0.1) is 0 Å². The molecule has 122 valence electrons. The van der Waals surface area contributed by atoms with Crippen molar-refractivity contribution in [3.05, 3.63) is 29.8 Å². The number of halogens is 1. The number of rotatable bonds is 6. The number of nitrogens with one attached hydrogen (secondary N) is 2. The molecule has 1 heterocycles. The smallest absolute Gasteiger partial charge is 0.315 e. The Morgan fingerprint density at radius 1 is 1.27 bits per heavy atom. The van der Waals surface area contributed by atoms with Crippen molar-refractivity contribution in [2.45, 2.75) is 25.5 Å². The van der Waals surface area contributed by atoms with Gasteiger partial charge in [0, 0.05) is 26.2 Å². The molecule has 1 aromatic carbocycles. The Bertz CT molecular complexity index is 459. The van der Waals surface area contributed by atoms with Crippen molar-refractivity contribution < 1.29 is 13.9 Å². The minimum atomic E-state index is -0.559. The van der Waals surface area contributed by atoms with Crippen LogP contribution in [0.5, 0.6) is 5.75 Å². The molecule has 0 aliphatic carbocycles. The normalized spacial score (nSPS) is 16.3. The molecule has 0 radical (unpaired) electrons. The van der Waals surface area contributed by atoms with Crippen LogP contribution in [0.25, 0.3) is 0 Å². The van der Waals surface area contributed by atoms with Crippen LogP contribution in [0.3, 0.4) is 0 Å². The Morgan fingerprint density at radius 2 is 1.95 bits per heavy atom. The Kier molecular flexibility index (Phi) is 6.45. The lowest BCUT2D eigenvalue weighted by Crippen LogP contribution is -2.36. The van der Waals surface area contributed by atoms with Gasteiger partial charge in [-0.3, -0.25) is 0 Å². The summed E-state index contributed by atoms with van der Waals surface area (Å²) >= 11 is 0. The third-order valence-corrected chi connectivity index (χ3v) is 3.72. The number of carbonyl (C=O) groups excluding carboxylic acids is 1. The third kappa shape index (κ3) is 5.52. The van der Waals surface area contributed by atoms with E-state index in [1.165, 1.54) is 0 Å². The van der Waals surface area contributed by atoms with Crippen molar-refractivity contribution in [2.24, 2.45) is 0 Å². The highest BCUT2D eigenvalue weighted by Crippen LogP contribution is 2.19. The highest BCUT2D eigenvalue weighted by Gasteiger charge is 2.17. The zero-order chi connectivity index (χ0) is 15.8. The maximum absolute atomic E-state index is 11.9.